The van der Waals surface area contributed by atoms with Gasteiger partial charge in [0.25, 0.3) is 0 Å². The maximum Gasteiger partial charge on any atom is 0.0195 e. The largest absolute Gasteiger partial charge is 0.300 e. The summed E-state index contributed by atoms with van der Waals surface area (Å²) in [7, 11) is 0. The molecule has 0 saturated carbocycles. The Morgan fingerprint density at radius 3 is 2.58 bits per heavy atom. The first kappa shape index (κ1) is 15.0. The van der Waals surface area contributed by atoms with Crippen molar-refractivity contribution in [2.24, 2.45) is 0 Å². The lowest BCUT2D eigenvalue weighted by molar-refractivity contribution is 0.0852. The average Bonchev–Trinajstić information content (AvgIpc) is 2.46. The molecule has 1 aliphatic rings. The van der Waals surface area contributed by atoms with Crippen LogP contribution in [0.5, 0.6) is 0 Å². The highest BCUT2D eigenvalue weighted by Gasteiger charge is 2.24. The topological polar surface area (TPSA) is 6.48 Å². The summed E-state index contributed by atoms with van der Waals surface area (Å²) in [6, 6.07) is 11.6. The molecule has 0 spiro atoms. The van der Waals surface area contributed by atoms with Crippen molar-refractivity contribution in [3.8, 4) is 0 Å². The van der Waals surface area contributed by atoms with Gasteiger partial charge in [0, 0.05) is 43.5 Å². The molecule has 106 valence electrons. The van der Waals surface area contributed by atoms with Crippen molar-refractivity contribution in [1.29, 1.82) is 0 Å². The molecule has 1 fully saturated rings. The summed E-state index contributed by atoms with van der Waals surface area (Å²) in [6.07, 6.45) is 0. The second-order valence-electron chi connectivity index (χ2n) is 5.50. The molecule has 0 bridgehead atoms. The molecule has 0 N–H and O–H groups in total. The van der Waals surface area contributed by atoms with E-state index in [1.165, 1.54) is 31.7 Å². The maximum absolute atomic E-state index is 3.68. The summed E-state index contributed by atoms with van der Waals surface area (Å²) in [5.74, 6) is 0.599. The van der Waals surface area contributed by atoms with Gasteiger partial charge in [0.2, 0.25) is 0 Å². The van der Waals surface area contributed by atoms with E-state index in [-0.39, 0.29) is 0 Å². The highest BCUT2D eigenvalue weighted by atomic mass is 79.9. The Morgan fingerprint density at radius 1 is 1.26 bits per heavy atom. The van der Waals surface area contributed by atoms with Crippen LogP contribution in [-0.2, 0) is 0 Å². The smallest absolute Gasteiger partial charge is 0.0195 e. The first-order valence-electron chi connectivity index (χ1n) is 7.32. The van der Waals surface area contributed by atoms with Crippen LogP contribution in [0, 0.1) is 0 Å². The minimum absolute atomic E-state index is 0.599. The molecule has 1 saturated heterocycles. The van der Waals surface area contributed by atoms with E-state index in [1.54, 1.807) is 0 Å². The van der Waals surface area contributed by atoms with Gasteiger partial charge in [-0.3, -0.25) is 9.80 Å². The Labute approximate surface area is 125 Å². The third-order valence-electron chi connectivity index (χ3n) is 4.19. The number of piperazine rings is 1. The van der Waals surface area contributed by atoms with Gasteiger partial charge in [0.15, 0.2) is 0 Å². The van der Waals surface area contributed by atoms with Crippen LogP contribution in [0.2, 0.25) is 0 Å². The molecule has 2 nitrogen and oxygen atoms in total. The average molecular weight is 325 g/mol. The minimum atomic E-state index is 0.599. The van der Waals surface area contributed by atoms with Gasteiger partial charge in [-0.15, -0.1) is 0 Å². The van der Waals surface area contributed by atoms with Gasteiger partial charge in [-0.05, 0) is 19.0 Å². The predicted molar refractivity (Wildman–Crippen MR) is 86.1 cm³/mol. The third-order valence-corrected chi connectivity index (χ3v) is 4.97. The van der Waals surface area contributed by atoms with E-state index in [0.717, 1.165) is 11.9 Å². The monoisotopic (exact) mass is 324 g/mol. The van der Waals surface area contributed by atoms with Crippen molar-refractivity contribution in [2.45, 2.75) is 25.8 Å². The van der Waals surface area contributed by atoms with E-state index in [1.807, 2.05) is 0 Å². The van der Waals surface area contributed by atoms with E-state index in [9.17, 15) is 0 Å². The van der Waals surface area contributed by atoms with Crippen LogP contribution in [0.15, 0.2) is 30.3 Å². The van der Waals surface area contributed by atoms with Crippen molar-refractivity contribution in [3.63, 3.8) is 0 Å². The zero-order valence-corrected chi connectivity index (χ0v) is 13.6. The third kappa shape index (κ3) is 4.04. The Hall–Kier alpha value is -0.380. The zero-order valence-electron chi connectivity index (χ0n) is 12.1. The second-order valence-corrected chi connectivity index (χ2v) is 6.15. The standard InChI is InChI=1S/C16H25BrN2/c1-3-19-10-9-18(12-14(19)2)13-16(11-17)15-7-5-4-6-8-15/h4-8,14,16H,3,9-13H2,1-2H3. The van der Waals surface area contributed by atoms with E-state index in [4.69, 9.17) is 0 Å². The first-order valence-corrected chi connectivity index (χ1v) is 8.44. The van der Waals surface area contributed by atoms with Crippen LogP contribution in [-0.4, -0.2) is 53.9 Å². The summed E-state index contributed by atoms with van der Waals surface area (Å²) in [6.45, 7) is 10.6. The quantitative estimate of drug-likeness (QED) is 0.767. The molecule has 1 aliphatic heterocycles. The number of hydrogen-bond donors (Lipinski definition) is 0. The van der Waals surface area contributed by atoms with Gasteiger partial charge in [0.05, 0.1) is 0 Å². The van der Waals surface area contributed by atoms with Gasteiger partial charge in [-0.2, -0.15) is 0 Å². The fourth-order valence-electron chi connectivity index (χ4n) is 2.99. The molecule has 0 aromatic heterocycles. The fraction of sp³-hybridized carbons (Fsp3) is 0.625. The van der Waals surface area contributed by atoms with E-state index in [0.29, 0.717) is 12.0 Å². The van der Waals surface area contributed by atoms with Crippen molar-refractivity contribution in [3.05, 3.63) is 35.9 Å². The van der Waals surface area contributed by atoms with Crippen LogP contribution in [0.1, 0.15) is 25.3 Å². The minimum Gasteiger partial charge on any atom is -0.300 e. The van der Waals surface area contributed by atoms with E-state index >= 15 is 0 Å². The van der Waals surface area contributed by atoms with E-state index < -0.39 is 0 Å². The van der Waals surface area contributed by atoms with Crippen molar-refractivity contribution < 1.29 is 0 Å². The normalized spacial score (nSPS) is 23.4. The molecule has 2 unspecified atom stereocenters. The molecule has 1 heterocycles. The Kier molecular flexibility index (Phi) is 5.86. The summed E-state index contributed by atoms with van der Waals surface area (Å²) in [5.41, 5.74) is 1.45. The molecule has 0 radical (unpaired) electrons. The van der Waals surface area contributed by atoms with E-state index in [2.05, 4.69) is 69.9 Å². The zero-order chi connectivity index (χ0) is 13.7. The number of likely N-dealkylation sites (N-methyl/N-ethyl adjacent to an activating group) is 1. The number of nitrogens with zero attached hydrogens (tertiary/aromatic N) is 2. The molecule has 2 rings (SSSR count). The molecule has 19 heavy (non-hydrogen) atoms. The molecule has 1 aromatic carbocycles. The van der Waals surface area contributed by atoms with Crippen LogP contribution < -0.4 is 0 Å². The molecule has 3 heteroatoms. The lowest BCUT2D eigenvalue weighted by atomic mass is 10.00. The van der Waals surface area contributed by atoms with Gasteiger partial charge in [-0.1, -0.05) is 53.2 Å². The molecule has 2 atom stereocenters. The van der Waals surface area contributed by atoms with Crippen molar-refractivity contribution in [1.82, 2.24) is 9.80 Å². The molecular formula is C16H25BrN2. The van der Waals surface area contributed by atoms with Gasteiger partial charge in [0.1, 0.15) is 0 Å². The fourth-order valence-corrected chi connectivity index (χ4v) is 3.57. The highest BCUT2D eigenvalue weighted by Crippen LogP contribution is 2.21. The van der Waals surface area contributed by atoms with Crippen LogP contribution in [0.25, 0.3) is 0 Å². The summed E-state index contributed by atoms with van der Waals surface area (Å²) >= 11 is 3.68. The Bertz CT molecular complexity index is 368. The number of rotatable bonds is 5. The lowest BCUT2D eigenvalue weighted by Gasteiger charge is -2.40. The Balaban J connectivity index is 1.93. The predicted octanol–water partition coefficient (Wildman–Crippen LogP) is 3.19. The molecule has 1 aromatic rings. The Morgan fingerprint density at radius 2 is 2.00 bits per heavy atom. The SMILES string of the molecule is CCN1CCN(CC(CBr)c2ccccc2)CC1C. The molecule has 0 aliphatic carbocycles. The second kappa shape index (κ2) is 7.41. The number of hydrogen-bond acceptors (Lipinski definition) is 2. The summed E-state index contributed by atoms with van der Waals surface area (Å²) < 4.78 is 0. The summed E-state index contributed by atoms with van der Waals surface area (Å²) in [5, 5.41) is 1.04. The summed E-state index contributed by atoms with van der Waals surface area (Å²) in [4.78, 5) is 5.19. The highest BCUT2D eigenvalue weighted by molar-refractivity contribution is 9.09. The van der Waals surface area contributed by atoms with Crippen molar-refractivity contribution in [2.75, 3.05) is 38.1 Å². The lowest BCUT2D eigenvalue weighted by Crippen LogP contribution is -2.52. The number of alkyl halides is 1. The van der Waals surface area contributed by atoms with Crippen LogP contribution >= 0.6 is 15.9 Å². The molecule has 0 amide bonds. The number of halogens is 1. The van der Waals surface area contributed by atoms with Crippen LogP contribution in [0.3, 0.4) is 0 Å². The van der Waals surface area contributed by atoms with Crippen molar-refractivity contribution >= 4 is 15.9 Å². The first-order chi connectivity index (χ1) is 9.24. The van der Waals surface area contributed by atoms with Gasteiger partial charge in [-0.25, -0.2) is 0 Å². The van der Waals surface area contributed by atoms with Gasteiger partial charge < -0.3 is 0 Å². The van der Waals surface area contributed by atoms with Gasteiger partial charge >= 0.3 is 0 Å². The molecular weight excluding hydrogens is 300 g/mol. The van der Waals surface area contributed by atoms with Crippen LogP contribution in [0.4, 0.5) is 0 Å². The maximum atomic E-state index is 3.68. The number of benzene rings is 1.